The lowest BCUT2D eigenvalue weighted by molar-refractivity contribution is -0.137. The van der Waals surface area contributed by atoms with Crippen molar-refractivity contribution in [1.29, 1.82) is 0 Å². The number of benzene rings is 3. The molecule has 1 aliphatic rings. The molecular weight excluding hydrogens is 513 g/mol. The molecule has 0 spiro atoms. The number of alkyl halides is 3. The first-order chi connectivity index (χ1) is 19.2. The number of aryl methyl sites for hydroxylation is 1. The second-order valence-electron chi connectivity index (χ2n) is 9.53. The van der Waals surface area contributed by atoms with Crippen LogP contribution in [0.2, 0.25) is 0 Å². The monoisotopic (exact) mass is 544 g/mol. The van der Waals surface area contributed by atoms with Gasteiger partial charge < -0.3 is 15.5 Å². The third-order valence-electron chi connectivity index (χ3n) is 6.77. The second kappa shape index (κ2) is 13.2. The molecule has 5 nitrogen and oxygen atoms in total. The highest BCUT2D eigenvalue weighted by molar-refractivity contribution is 6.04. The van der Waals surface area contributed by atoms with Gasteiger partial charge in [0.05, 0.1) is 12.1 Å². The van der Waals surface area contributed by atoms with E-state index >= 15 is 0 Å². The molecule has 1 aliphatic heterocycles. The molecule has 0 radical (unpaired) electrons. The number of terminal acetylenes is 1. The number of anilines is 2. The molecule has 206 valence electrons. The van der Waals surface area contributed by atoms with E-state index in [9.17, 15) is 18.0 Å². The zero-order valence-corrected chi connectivity index (χ0v) is 22.3. The molecule has 0 unspecified atom stereocenters. The van der Waals surface area contributed by atoms with Crippen molar-refractivity contribution in [1.82, 2.24) is 10.2 Å². The van der Waals surface area contributed by atoms with E-state index < -0.39 is 17.6 Å². The van der Waals surface area contributed by atoms with Crippen molar-refractivity contribution < 1.29 is 18.0 Å². The predicted molar refractivity (Wildman–Crippen MR) is 153 cm³/mol. The number of hydrogen-bond acceptors (Lipinski definition) is 4. The quantitative estimate of drug-likeness (QED) is 0.324. The van der Waals surface area contributed by atoms with Crippen molar-refractivity contribution in [2.24, 2.45) is 0 Å². The van der Waals surface area contributed by atoms with Gasteiger partial charge in [0.1, 0.15) is 0 Å². The minimum absolute atomic E-state index is 0.0243. The van der Waals surface area contributed by atoms with Crippen molar-refractivity contribution in [3.8, 4) is 24.2 Å². The van der Waals surface area contributed by atoms with Gasteiger partial charge in [-0.05, 0) is 55.0 Å². The summed E-state index contributed by atoms with van der Waals surface area (Å²) < 4.78 is 41.3. The fourth-order valence-corrected chi connectivity index (χ4v) is 4.48. The van der Waals surface area contributed by atoms with Crippen molar-refractivity contribution in [3.05, 3.63) is 94.5 Å². The molecule has 3 aromatic rings. The van der Waals surface area contributed by atoms with Gasteiger partial charge in [-0.25, -0.2) is 0 Å². The molecule has 1 heterocycles. The third-order valence-corrected chi connectivity index (χ3v) is 6.77. The number of hydrogen-bond donors (Lipinski definition) is 2. The van der Waals surface area contributed by atoms with Gasteiger partial charge in [0.2, 0.25) is 0 Å². The van der Waals surface area contributed by atoms with Gasteiger partial charge in [0.25, 0.3) is 5.91 Å². The molecular formula is C32H31F3N4O. The van der Waals surface area contributed by atoms with Crippen LogP contribution in [0.25, 0.3) is 0 Å². The molecule has 8 heteroatoms. The smallest absolute Gasteiger partial charge is 0.369 e. The second-order valence-corrected chi connectivity index (χ2v) is 9.53. The van der Waals surface area contributed by atoms with E-state index in [1.54, 1.807) is 12.1 Å². The lowest BCUT2D eigenvalue weighted by atomic mass is 10.0. The summed E-state index contributed by atoms with van der Waals surface area (Å²) in [5.41, 5.74) is 1.85. The van der Waals surface area contributed by atoms with Gasteiger partial charge in [-0.2, -0.15) is 13.2 Å². The van der Waals surface area contributed by atoms with Crippen molar-refractivity contribution >= 4 is 17.3 Å². The first-order valence-electron chi connectivity index (χ1n) is 13.1. The fourth-order valence-electron chi connectivity index (χ4n) is 4.48. The Bertz CT molecular complexity index is 1430. The molecule has 3 aromatic carbocycles. The molecule has 2 N–H and O–H groups in total. The van der Waals surface area contributed by atoms with Gasteiger partial charge in [-0.3, -0.25) is 9.69 Å². The Morgan fingerprint density at radius 3 is 2.42 bits per heavy atom. The number of amides is 1. The molecule has 1 saturated heterocycles. The SMILES string of the molecule is C#Cc1cc(C(=O)Nc2ccc(C#CCNCCN3CCN(c4ccccc4)CC3)c(C(F)(F)F)c2)ccc1C. The first kappa shape index (κ1) is 28.8. The van der Waals surface area contributed by atoms with E-state index in [4.69, 9.17) is 6.42 Å². The number of rotatable bonds is 7. The summed E-state index contributed by atoms with van der Waals surface area (Å²) in [5, 5.41) is 5.71. The molecule has 4 rings (SSSR count). The van der Waals surface area contributed by atoms with Gasteiger partial charge >= 0.3 is 6.18 Å². The van der Waals surface area contributed by atoms with Crippen LogP contribution in [-0.2, 0) is 6.18 Å². The summed E-state index contributed by atoms with van der Waals surface area (Å²) in [6, 6.07) is 18.7. The van der Waals surface area contributed by atoms with Crippen LogP contribution < -0.4 is 15.5 Å². The Balaban J connectivity index is 1.29. The number of piperazine rings is 1. The van der Waals surface area contributed by atoms with Gasteiger partial charge in [0, 0.05) is 67.3 Å². The average molecular weight is 545 g/mol. The topological polar surface area (TPSA) is 47.6 Å². The summed E-state index contributed by atoms with van der Waals surface area (Å²) in [6.07, 6.45) is 0.828. The minimum Gasteiger partial charge on any atom is -0.369 e. The highest BCUT2D eigenvalue weighted by atomic mass is 19.4. The van der Waals surface area contributed by atoms with Crippen LogP contribution >= 0.6 is 0 Å². The largest absolute Gasteiger partial charge is 0.417 e. The first-order valence-corrected chi connectivity index (χ1v) is 13.1. The van der Waals surface area contributed by atoms with E-state index in [2.05, 4.69) is 50.3 Å². The van der Waals surface area contributed by atoms with Gasteiger partial charge in [-0.1, -0.05) is 42.0 Å². The van der Waals surface area contributed by atoms with Crippen LogP contribution in [-0.4, -0.2) is 56.6 Å². The van der Waals surface area contributed by atoms with Crippen LogP contribution in [0.3, 0.4) is 0 Å². The van der Waals surface area contributed by atoms with Gasteiger partial charge in [-0.15, -0.1) is 6.42 Å². The zero-order valence-electron chi connectivity index (χ0n) is 22.3. The maximum Gasteiger partial charge on any atom is 0.417 e. The van der Waals surface area contributed by atoms with E-state index in [-0.39, 0.29) is 23.4 Å². The van der Waals surface area contributed by atoms with Crippen LogP contribution in [0, 0.1) is 31.1 Å². The van der Waals surface area contributed by atoms with E-state index in [1.807, 2.05) is 25.1 Å². The number of carbonyl (C=O) groups excluding carboxylic acids is 1. The summed E-state index contributed by atoms with van der Waals surface area (Å²) in [7, 11) is 0. The Morgan fingerprint density at radius 2 is 1.73 bits per heavy atom. The highest BCUT2D eigenvalue weighted by Gasteiger charge is 2.33. The maximum absolute atomic E-state index is 13.8. The maximum atomic E-state index is 13.8. The summed E-state index contributed by atoms with van der Waals surface area (Å²) in [4.78, 5) is 17.3. The Morgan fingerprint density at radius 1 is 0.975 bits per heavy atom. The number of carbonyl (C=O) groups is 1. The lowest BCUT2D eigenvalue weighted by Crippen LogP contribution is -2.48. The standard InChI is InChI=1S/C32H31F3N4O/c1-3-25-22-27(12-11-24(25)2)31(40)37-28-14-13-26(30(23-28)32(33,34)35)8-7-15-36-16-17-38-18-20-39(21-19-38)29-9-5-4-6-10-29/h1,4-6,9-14,22-23,36H,15-21H2,2H3,(H,37,40). The van der Waals surface area contributed by atoms with Crippen LogP contribution in [0.5, 0.6) is 0 Å². The molecule has 40 heavy (non-hydrogen) atoms. The normalized spacial score (nSPS) is 13.7. The van der Waals surface area contributed by atoms with Crippen molar-refractivity contribution in [3.63, 3.8) is 0 Å². The summed E-state index contributed by atoms with van der Waals surface area (Å²) >= 11 is 0. The minimum atomic E-state index is -4.62. The third kappa shape index (κ3) is 7.66. The van der Waals surface area contributed by atoms with Crippen LogP contribution in [0.15, 0.2) is 66.7 Å². The van der Waals surface area contributed by atoms with Crippen molar-refractivity contribution in [2.45, 2.75) is 13.1 Å². The summed E-state index contributed by atoms with van der Waals surface area (Å²) in [5.74, 6) is 7.37. The number of para-hydroxylation sites is 1. The van der Waals surface area contributed by atoms with Crippen LogP contribution in [0.4, 0.5) is 24.5 Å². The zero-order chi connectivity index (χ0) is 28.5. The fraction of sp³-hybridized carbons (Fsp3) is 0.281. The Kier molecular flexibility index (Phi) is 9.50. The van der Waals surface area contributed by atoms with Crippen molar-refractivity contribution in [2.75, 3.05) is 56.0 Å². The molecule has 1 fully saturated rings. The van der Waals surface area contributed by atoms with E-state index in [0.717, 1.165) is 44.4 Å². The number of nitrogens with zero attached hydrogens (tertiary/aromatic N) is 2. The van der Waals surface area contributed by atoms with E-state index in [0.29, 0.717) is 12.1 Å². The molecule has 0 aromatic heterocycles. The van der Waals surface area contributed by atoms with Crippen LogP contribution in [0.1, 0.15) is 32.6 Å². The molecule has 0 bridgehead atoms. The van der Waals surface area contributed by atoms with E-state index in [1.165, 1.54) is 23.9 Å². The molecule has 0 saturated carbocycles. The molecule has 0 atom stereocenters. The number of halogens is 3. The number of nitrogens with one attached hydrogen (secondary N) is 2. The Hall–Kier alpha value is -4.24. The lowest BCUT2D eigenvalue weighted by Gasteiger charge is -2.36. The Labute approximate surface area is 233 Å². The average Bonchev–Trinajstić information content (AvgIpc) is 2.96. The molecule has 1 amide bonds. The van der Waals surface area contributed by atoms with Gasteiger partial charge in [0.15, 0.2) is 0 Å². The molecule has 0 aliphatic carbocycles. The summed E-state index contributed by atoms with van der Waals surface area (Å²) in [6.45, 7) is 7.44. The predicted octanol–water partition coefficient (Wildman–Crippen LogP) is 5.01. The highest BCUT2D eigenvalue weighted by Crippen LogP contribution is 2.33.